The van der Waals surface area contributed by atoms with E-state index in [2.05, 4.69) is 13.8 Å². The Morgan fingerprint density at radius 1 is 0.875 bits per heavy atom. The number of unbranched alkanes of at least 4 members (excludes halogenated alkanes) is 1. The molecule has 0 aromatic heterocycles. The average Bonchev–Trinajstić information content (AvgIpc) is 2.59. The SMILES string of the molecule is CCCCC(CC)Cc1ccccc1P(O)(O)(O)c1ccccc1. The van der Waals surface area contributed by atoms with E-state index in [0.29, 0.717) is 5.92 Å². The van der Waals surface area contributed by atoms with Gasteiger partial charge in [-0.3, -0.25) is 0 Å². The average molecular weight is 348 g/mol. The first-order valence-corrected chi connectivity index (χ1v) is 10.9. The molecule has 0 bridgehead atoms. The molecule has 2 aromatic rings. The molecule has 2 aromatic carbocycles. The van der Waals surface area contributed by atoms with Gasteiger partial charge in [0.1, 0.15) is 0 Å². The molecule has 0 saturated carbocycles. The monoisotopic (exact) mass is 348 g/mol. The summed E-state index contributed by atoms with van der Waals surface area (Å²) in [5.74, 6) is 0.480. The van der Waals surface area contributed by atoms with Gasteiger partial charge in [0.05, 0.1) is 0 Å². The molecule has 3 nitrogen and oxygen atoms in total. The van der Waals surface area contributed by atoms with Crippen LogP contribution < -0.4 is 10.6 Å². The number of hydrogen-bond donors (Lipinski definition) is 3. The van der Waals surface area contributed by atoms with Gasteiger partial charge in [-0.2, -0.15) is 0 Å². The Balaban J connectivity index is 2.41. The van der Waals surface area contributed by atoms with Crippen molar-refractivity contribution in [2.75, 3.05) is 0 Å². The van der Waals surface area contributed by atoms with Crippen LogP contribution >= 0.6 is 7.28 Å². The van der Waals surface area contributed by atoms with E-state index in [1.165, 1.54) is 6.42 Å². The van der Waals surface area contributed by atoms with Gasteiger partial charge in [-0.15, -0.1) is 0 Å². The van der Waals surface area contributed by atoms with Crippen LogP contribution in [0.15, 0.2) is 54.6 Å². The molecule has 132 valence electrons. The van der Waals surface area contributed by atoms with Crippen molar-refractivity contribution in [3.63, 3.8) is 0 Å². The van der Waals surface area contributed by atoms with Gasteiger partial charge in [-0.05, 0) is 0 Å². The van der Waals surface area contributed by atoms with E-state index in [1.54, 1.807) is 42.5 Å². The molecule has 3 N–H and O–H groups in total. The van der Waals surface area contributed by atoms with Crippen molar-refractivity contribution < 1.29 is 14.7 Å². The Hall–Kier alpha value is -1.25. The van der Waals surface area contributed by atoms with Gasteiger partial charge in [0.25, 0.3) is 0 Å². The molecule has 0 fully saturated rings. The van der Waals surface area contributed by atoms with E-state index < -0.39 is 7.28 Å². The molecular formula is C20H29O3P. The van der Waals surface area contributed by atoms with Gasteiger partial charge < -0.3 is 0 Å². The Morgan fingerprint density at radius 2 is 1.50 bits per heavy atom. The minimum absolute atomic E-state index is 0.178. The van der Waals surface area contributed by atoms with Crippen LogP contribution in [0, 0.1) is 5.92 Å². The fourth-order valence-corrected chi connectivity index (χ4v) is 5.24. The van der Waals surface area contributed by atoms with Crippen molar-refractivity contribution in [3.05, 3.63) is 60.2 Å². The zero-order valence-electron chi connectivity index (χ0n) is 14.6. The van der Waals surface area contributed by atoms with Crippen LogP contribution in [-0.4, -0.2) is 14.7 Å². The molecule has 24 heavy (non-hydrogen) atoms. The van der Waals surface area contributed by atoms with Crippen molar-refractivity contribution in [1.29, 1.82) is 0 Å². The summed E-state index contributed by atoms with van der Waals surface area (Å²) in [6, 6.07) is 15.5. The van der Waals surface area contributed by atoms with Crippen LogP contribution in [0.2, 0.25) is 0 Å². The second-order valence-electron chi connectivity index (χ2n) is 6.57. The van der Waals surface area contributed by atoms with Crippen molar-refractivity contribution >= 4 is 17.9 Å². The molecule has 0 amide bonds. The van der Waals surface area contributed by atoms with Gasteiger partial charge in [0.2, 0.25) is 0 Å². The molecule has 2 rings (SSSR count). The summed E-state index contributed by atoms with van der Waals surface area (Å²) in [6.07, 6.45) is 5.23. The normalized spacial score (nSPS) is 14.8. The molecule has 0 aliphatic rings. The summed E-state index contributed by atoms with van der Waals surface area (Å²) in [5.41, 5.74) is 0.828. The van der Waals surface area contributed by atoms with Crippen LogP contribution in [0.3, 0.4) is 0 Å². The van der Waals surface area contributed by atoms with Gasteiger partial charge >= 0.3 is 145 Å². The first-order valence-electron chi connectivity index (χ1n) is 8.78. The van der Waals surface area contributed by atoms with Gasteiger partial charge in [-0.1, -0.05) is 0 Å². The maximum absolute atomic E-state index is 10.9. The molecule has 0 spiro atoms. The molecule has 0 radical (unpaired) electrons. The van der Waals surface area contributed by atoms with Crippen LogP contribution in [0.1, 0.15) is 45.1 Å². The molecule has 0 heterocycles. The molecule has 1 atom stereocenters. The summed E-state index contributed by atoms with van der Waals surface area (Å²) >= 11 is 0. The summed E-state index contributed by atoms with van der Waals surface area (Å²) in [4.78, 5) is 32.7. The van der Waals surface area contributed by atoms with E-state index >= 15 is 0 Å². The fraction of sp³-hybridized carbons (Fsp3) is 0.400. The van der Waals surface area contributed by atoms with Crippen LogP contribution in [0.5, 0.6) is 0 Å². The summed E-state index contributed by atoms with van der Waals surface area (Å²) < 4.78 is 0. The van der Waals surface area contributed by atoms with Gasteiger partial charge in [0.15, 0.2) is 0 Å². The van der Waals surface area contributed by atoms with Gasteiger partial charge in [0, 0.05) is 0 Å². The summed E-state index contributed by atoms with van der Waals surface area (Å²) in [7, 11) is -5.10. The van der Waals surface area contributed by atoms with E-state index in [1.807, 2.05) is 12.1 Å². The number of hydrogen-bond acceptors (Lipinski definition) is 3. The Bertz CT molecular complexity index is 647. The number of benzene rings is 2. The Morgan fingerprint density at radius 3 is 2.12 bits per heavy atom. The van der Waals surface area contributed by atoms with Crippen molar-refractivity contribution in [3.8, 4) is 0 Å². The molecule has 0 aliphatic heterocycles. The van der Waals surface area contributed by atoms with Gasteiger partial charge in [-0.25, -0.2) is 0 Å². The Kier molecular flexibility index (Phi) is 6.17. The van der Waals surface area contributed by atoms with Crippen LogP contribution in [-0.2, 0) is 6.42 Å². The maximum atomic E-state index is 10.9. The minimum atomic E-state index is -5.10. The Labute approximate surface area is 145 Å². The second kappa shape index (κ2) is 7.76. The molecule has 0 saturated heterocycles. The summed E-state index contributed by atoms with van der Waals surface area (Å²) in [5, 5.41) is 0.446. The third-order valence-corrected chi connectivity index (χ3v) is 7.29. The molecule has 1 unspecified atom stereocenters. The van der Waals surface area contributed by atoms with Crippen molar-refractivity contribution in [1.82, 2.24) is 0 Å². The third-order valence-electron chi connectivity index (χ3n) is 4.72. The van der Waals surface area contributed by atoms with E-state index in [4.69, 9.17) is 0 Å². The third kappa shape index (κ3) is 4.23. The second-order valence-corrected chi connectivity index (χ2v) is 9.52. The first-order chi connectivity index (χ1) is 11.4. The molecule has 4 heteroatoms. The predicted molar refractivity (Wildman–Crippen MR) is 103 cm³/mol. The van der Waals surface area contributed by atoms with E-state index in [0.717, 1.165) is 31.2 Å². The predicted octanol–water partition coefficient (Wildman–Crippen LogP) is 3.67. The zero-order valence-corrected chi connectivity index (χ0v) is 15.5. The quantitative estimate of drug-likeness (QED) is 0.638. The topological polar surface area (TPSA) is 60.7 Å². The number of rotatable bonds is 8. The zero-order chi connectivity index (χ0) is 17.7. The van der Waals surface area contributed by atoms with E-state index in [-0.39, 0.29) is 10.6 Å². The standard InChI is InChI=1S/C20H29O3P/c1-3-5-11-17(4-2)16-18-12-9-10-15-20(18)24(21,22,23)19-13-7-6-8-14-19/h6-10,12-15,17,21-23H,3-5,11,16H2,1-2H3. The van der Waals surface area contributed by atoms with Crippen LogP contribution in [0.25, 0.3) is 0 Å². The molecule has 0 aliphatic carbocycles. The fourth-order valence-electron chi connectivity index (χ4n) is 3.18. The van der Waals surface area contributed by atoms with Crippen molar-refractivity contribution in [2.45, 2.75) is 46.0 Å². The first kappa shape index (κ1) is 19.1. The van der Waals surface area contributed by atoms with Crippen LogP contribution in [0.4, 0.5) is 0 Å². The summed E-state index contributed by atoms with van der Waals surface area (Å²) in [6.45, 7) is 4.34. The molecular weight excluding hydrogens is 319 g/mol. The van der Waals surface area contributed by atoms with E-state index in [9.17, 15) is 14.7 Å². The van der Waals surface area contributed by atoms with Crippen molar-refractivity contribution in [2.24, 2.45) is 5.92 Å².